The quantitative estimate of drug-likeness (QED) is 0.651. The van der Waals surface area contributed by atoms with Crippen molar-refractivity contribution in [3.63, 3.8) is 0 Å². The number of aromatic amines is 1. The fourth-order valence-corrected chi connectivity index (χ4v) is 1.35. The smallest absolute Gasteiger partial charge is 0.101 e. The van der Waals surface area contributed by atoms with Crippen LogP contribution >= 0.6 is 0 Å². The molecule has 1 aromatic carbocycles. The lowest BCUT2D eigenvalue weighted by Crippen LogP contribution is -1.81. The Kier molecular flexibility index (Phi) is 1.51. The van der Waals surface area contributed by atoms with E-state index in [2.05, 4.69) is 17.1 Å². The van der Waals surface area contributed by atoms with Gasteiger partial charge in [-0.25, -0.2) is 0 Å². The van der Waals surface area contributed by atoms with Gasteiger partial charge in [-0.1, -0.05) is 0 Å². The zero-order valence-corrected chi connectivity index (χ0v) is 6.70. The van der Waals surface area contributed by atoms with Gasteiger partial charge in [-0.3, -0.25) is 0 Å². The third-order valence-electron chi connectivity index (χ3n) is 1.96. The fourth-order valence-electron chi connectivity index (χ4n) is 1.35. The average Bonchev–Trinajstić information content (AvgIpc) is 2.64. The highest BCUT2D eigenvalue weighted by Crippen LogP contribution is 2.20. The number of rotatable bonds is 0. The fraction of sp³-hybridized carbons (Fsp3) is 0. The molecule has 0 spiro atoms. The highest BCUT2D eigenvalue weighted by molar-refractivity contribution is 5.89. The zero-order chi connectivity index (χ0) is 9.26. The molecule has 3 nitrogen and oxygen atoms in total. The zero-order valence-electron chi connectivity index (χ0n) is 6.70. The number of benzene rings is 1. The summed E-state index contributed by atoms with van der Waals surface area (Å²) in [7, 11) is 0. The molecule has 0 atom stereocenters. The average molecular weight is 167 g/mol. The summed E-state index contributed by atoms with van der Waals surface area (Å²) in [5.41, 5.74) is 1.90. The van der Waals surface area contributed by atoms with E-state index in [-0.39, 0.29) is 0 Å². The summed E-state index contributed by atoms with van der Waals surface area (Å²) in [5.74, 6) is 0. The van der Waals surface area contributed by atoms with E-state index >= 15 is 0 Å². The number of aromatic nitrogens is 1. The molecule has 0 aliphatic rings. The van der Waals surface area contributed by atoms with Crippen molar-refractivity contribution < 1.29 is 0 Å². The first-order valence-corrected chi connectivity index (χ1v) is 3.77. The number of nitrogens with one attached hydrogen (secondary N) is 1. The molecule has 0 aliphatic carbocycles. The van der Waals surface area contributed by atoms with Crippen molar-refractivity contribution in [1.82, 2.24) is 4.98 Å². The number of nitriles is 2. The van der Waals surface area contributed by atoms with E-state index in [4.69, 9.17) is 10.5 Å². The van der Waals surface area contributed by atoms with Crippen LogP contribution in [-0.2, 0) is 0 Å². The maximum absolute atomic E-state index is 8.77. The number of H-pyrrole nitrogens is 1. The molecule has 0 unspecified atom stereocenters. The molecular formula is C10H5N3. The van der Waals surface area contributed by atoms with Crippen LogP contribution in [0.4, 0.5) is 0 Å². The second-order valence-corrected chi connectivity index (χ2v) is 2.65. The maximum Gasteiger partial charge on any atom is 0.101 e. The van der Waals surface area contributed by atoms with E-state index in [1.54, 1.807) is 24.4 Å². The number of nitrogens with zero attached hydrogens (tertiary/aromatic N) is 2. The van der Waals surface area contributed by atoms with Crippen molar-refractivity contribution in [1.29, 1.82) is 10.5 Å². The van der Waals surface area contributed by atoms with Gasteiger partial charge in [0.25, 0.3) is 0 Å². The molecule has 2 aromatic rings. The van der Waals surface area contributed by atoms with Crippen LogP contribution in [0.1, 0.15) is 11.1 Å². The molecule has 60 valence electrons. The van der Waals surface area contributed by atoms with Crippen LogP contribution in [0.5, 0.6) is 0 Å². The maximum atomic E-state index is 8.77. The van der Waals surface area contributed by atoms with Gasteiger partial charge in [0, 0.05) is 11.6 Å². The van der Waals surface area contributed by atoms with Gasteiger partial charge < -0.3 is 4.98 Å². The van der Waals surface area contributed by atoms with Crippen molar-refractivity contribution in [2.45, 2.75) is 0 Å². The van der Waals surface area contributed by atoms with Crippen molar-refractivity contribution in [2.75, 3.05) is 0 Å². The molecule has 0 saturated carbocycles. The molecule has 1 aromatic heterocycles. The van der Waals surface area contributed by atoms with E-state index < -0.39 is 0 Å². The van der Waals surface area contributed by atoms with Crippen LogP contribution in [0.3, 0.4) is 0 Å². The van der Waals surface area contributed by atoms with Crippen LogP contribution in [-0.4, -0.2) is 4.98 Å². The molecule has 0 amide bonds. The largest absolute Gasteiger partial charge is 0.360 e. The van der Waals surface area contributed by atoms with E-state index in [1.165, 1.54) is 0 Å². The first kappa shape index (κ1) is 7.39. The monoisotopic (exact) mass is 167 g/mol. The van der Waals surface area contributed by atoms with Crippen molar-refractivity contribution >= 4 is 10.9 Å². The first-order chi connectivity index (χ1) is 6.36. The minimum atomic E-state index is 0.569. The van der Waals surface area contributed by atoms with Gasteiger partial charge in [0.2, 0.25) is 0 Å². The highest BCUT2D eigenvalue weighted by atomic mass is 14.7. The van der Waals surface area contributed by atoms with Crippen molar-refractivity contribution in [2.24, 2.45) is 0 Å². The predicted molar refractivity (Wildman–Crippen MR) is 47.7 cm³/mol. The molecule has 0 saturated heterocycles. The van der Waals surface area contributed by atoms with Gasteiger partial charge in [-0.05, 0) is 18.2 Å². The van der Waals surface area contributed by atoms with Crippen molar-refractivity contribution in [3.05, 3.63) is 35.5 Å². The molecule has 2 rings (SSSR count). The van der Waals surface area contributed by atoms with Crippen LogP contribution < -0.4 is 0 Å². The molecule has 1 heterocycles. The second kappa shape index (κ2) is 2.66. The van der Waals surface area contributed by atoms with Gasteiger partial charge in [0.1, 0.15) is 6.07 Å². The Morgan fingerprint density at radius 3 is 2.38 bits per heavy atom. The van der Waals surface area contributed by atoms with Crippen LogP contribution in [0.15, 0.2) is 24.4 Å². The molecule has 0 aliphatic heterocycles. The molecule has 0 radical (unpaired) electrons. The highest BCUT2D eigenvalue weighted by Gasteiger charge is 2.05. The van der Waals surface area contributed by atoms with E-state index in [1.807, 2.05) is 0 Å². The standard InChI is InChI=1S/C10H5N3/c11-5-7-1-2-8(6-12)10-9(7)3-4-13-10/h1-4,13H. The second-order valence-electron chi connectivity index (χ2n) is 2.65. The molecule has 13 heavy (non-hydrogen) atoms. The summed E-state index contributed by atoms with van der Waals surface area (Å²) >= 11 is 0. The lowest BCUT2D eigenvalue weighted by molar-refractivity contribution is 1.43. The summed E-state index contributed by atoms with van der Waals surface area (Å²) in [6.07, 6.45) is 1.73. The first-order valence-electron chi connectivity index (χ1n) is 3.77. The Labute approximate surface area is 74.8 Å². The van der Waals surface area contributed by atoms with Gasteiger partial charge in [-0.15, -0.1) is 0 Å². The topological polar surface area (TPSA) is 63.4 Å². The van der Waals surface area contributed by atoms with Gasteiger partial charge in [0.15, 0.2) is 0 Å². The predicted octanol–water partition coefficient (Wildman–Crippen LogP) is 1.91. The van der Waals surface area contributed by atoms with Crippen LogP contribution in [0.25, 0.3) is 10.9 Å². The molecule has 3 heteroatoms. The Bertz CT molecular complexity index is 489. The summed E-state index contributed by atoms with van der Waals surface area (Å²) in [4.78, 5) is 2.94. The molecule has 1 N–H and O–H groups in total. The summed E-state index contributed by atoms with van der Waals surface area (Å²) in [5, 5.41) is 18.3. The Hall–Kier alpha value is -2.26. The Morgan fingerprint density at radius 2 is 1.69 bits per heavy atom. The summed E-state index contributed by atoms with van der Waals surface area (Å²) in [6, 6.07) is 9.26. The summed E-state index contributed by atoms with van der Waals surface area (Å²) < 4.78 is 0. The Balaban J connectivity index is 2.93. The van der Waals surface area contributed by atoms with Gasteiger partial charge in [-0.2, -0.15) is 10.5 Å². The van der Waals surface area contributed by atoms with E-state index in [0.717, 1.165) is 10.9 Å². The van der Waals surface area contributed by atoms with E-state index in [0.29, 0.717) is 11.1 Å². The van der Waals surface area contributed by atoms with Gasteiger partial charge in [0.05, 0.1) is 22.7 Å². The summed E-state index contributed by atoms with van der Waals surface area (Å²) in [6.45, 7) is 0. The minimum Gasteiger partial charge on any atom is -0.360 e. The molecule has 0 bridgehead atoms. The molecular weight excluding hydrogens is 162 g/mol. The minimum absolute atomic E-state index is 0.569. The van der Waals surface area contributed by atoms with Crippen LogP contribution in [0.2, 0.25) is 0 Å². The number of hydrogen-bond acceptors (Lipinski definition) is 2. The number of hydrogen-bond donors (Lipinski definition) is 1. The van der Waals surface area contributed by atoms with Crippen LogP contribution in [0, 0.1) is 22.7 Å². The Morgan fingerprint density at radius 1 is 1.00 bits per heavy atom. The van der Waals surface area contributed by atoms with Gasteiger partial charge >= 0.3 is 0 Å². The number of fused-ring (bicyclic) bond motifs is 1. The van der Waals surface area contributed by atoms with E-state index in [9.17, 15) is 0 Å². The lowest BCUT2D eigenvalue weighted by Gasteiger charge is -1.94. The molecule has 0 fully saturated rings. The van der Waals surface area contributed by atoms with Crippen molar-refractivity contribution in [3.8, 4) is 12.1 Å². The normalized spacial score (nSPS) is 9.38. The third-order valence-corrected chi connectivity index (χ3v) is 1.96. The third kappa shape index (κ3) is 0.953. The lowest BCUT2D eigenvalue weighted by atomic mass is 10.1. The SMILES string of the molecule is N#Cc1ccc(C#N)c2[nH]ccc12.